The van der Waals surface area contributed by atoms with E-state index in [4.69, 9.17) is 0 Å². The summed E-state index contributed by atoms with van der Waals surface area (Å²) in [5, 5.41) is 2.92. The van der Waals surface area contributed by atoms with E-state index in [1.165, 1.54) is 31.8 Å². The number of carbonyl (C=O) groups is 1. The first-order valence-electron chi connectivity index (χ1n) is 10.3. The van der Waals surface area contributed by atoms with Crippen LogP contribution in [-0.2, 0) is 23.1 Å². The summed E-state index contributed by atoms with van der Waals surface area (Å²) in [5.41, 5.74) is 4.65. The van der Waals surface area contributed by atoms with E-state index in [1.54, 1.807) is 12.1 Å². The molecular weight excluding hydrogens is 422 g/mol. The van der Waals surface area contributed by atoms with E-state index in [2.05, 4.69) is 34.5 Å². The molecule has 0 aromatic heterocycles. The van der Waals surface area contributed by atoms with Crippen molar-refractivity contribution >= 4 is 15.9 Å². The fourth-order valence-corrected chi connectivity index (χ4v) is 4.35. The van der Waals surface area contributed by atoms with Crippen molar-refractivity contribution in [3.8, 4) is 11.1 Å². The van der Waals surface area contributed by atoms with E-state index >= 15 is 0 Å². The van der Waals surface area contributed by atoms with Gasteiger partial charge in [0, 0.05) is 32.7 Å². The second-order valence-corrected chi connectivity index (χ2v) is 10.2. The molecule has 3 aromatic carbocycles. The van der Waals surface area contributed by atoms with Gasteiger partial charge in [-0.2, -0.15) is 0 Å². The lowest BCUT2D eigenvalue weighted by molar-refractivity contribution is 0.0950. The minimum Gasteiger partial charge on any atom is -0.348 e. The van der Waals surface area contributed by atoms with Gasteiger partial charge in [-0.15, -0.1) is 0 Å². The van der Waals surface area contributed by atoms with Gasteiger partial charge in [-0.1, -0.05) is 54.6 Å². The van der Waals surface area contributed by atoms with Crippen molar-refractivity contribution in [1.29, 1.82) is 0 Å². The molecule has 3 rings (SSSR count). The topological polar surface area (TPSA) is 69.7 Å². The number of amides is 1. The third kappa shape index (κ3) is 5.62. The van der Waals surface area contributed by atoms with Crippen molar-refractivity contribution in [2.75, 3.05) is 28.2 Å². The quantitative estimate of drug-likeness (QED) is 0.568. The van der Waals surface area contributed by atoms with Gasteiger partial charge in [-0.25, -0.2) is 12.7 Å². The summed E-state index contributed by atoms with van der Waals surface area (Å²) in [6, 6.07) is 22.4. The first-order chi connectivity index (χ1) is 15.2. The molecule has 0 heterocycles. The van der Waals surface area contributed by atoms with Crippen LogP contribution in [0.3, 0.4) is 0 Å². The van der Waals surface area contributed by atoms with E-state index < -0.39 is 10.0 Å². The zero-order valence-corrected chi connectivity index (χ0v) is 19.7. The monoisotopic (exact) mass is 451 g/mol. The fraction of sp³-hybridized carbons (Fsp3) is 0.240. The van der Waals surface area contributed by atoms with Gasteiger partial charge in [0.1, 0.15) is 0 Å². The van der Waals surface area contributed by atoms with Gasteiger partial charge in [0.25, 0.3) is 5.91 Å². The zero-order chi connectivity index (χ0) is 23.3. The number of benzene rings is 3. The maximum absolute atomic E-state index is 12.7. The van der Waals surface area contributed by atoms with Crippen molar-refractivity contribution in [2.45, 2.75) is 18.0 Å². The van der Waals surface area contributed by atoms with Gasteiger partial charge in [0.05, 0.1) is 4.90 Å². The Morgan fingerprint density at radius 2 is 1.56 bits per heavy atom. The predicted molar refractivity (Wildman–Crippen MR) is 128 cm³/mol. The molecule has 0 unspecified atom stereocenters. The molecule has 0 bridgehead atoms. The minimum absolute atomic E-state index is 0.0911. The summed E-state index contributed by atoms with van der Waals surface area (Å²) in [6.45, 7) is 1.21. The first-order valence-corrected chi connectivity index (χ1v) is 11.8. The summed E-state index contributed by atoms with van der Waals surface area (Å²) < 4.78 is 25.9. The Morgan fingerprint density at radius 1 is 0.875 bits per heavy atom. The van der Waals surface area contributed by atoms with Crippen LogP contribution < -0.4 is 5.32 Å². The molecule has 6 nitrogen and oxygen atoms in total. The van der Waals surface area contributed by atoms with Crippen LogP contribution >= 0.6 is 0 Å². The number of sulfonamides is 1. The maximum Gasteiger partial charge on any atom is 0.251 e. The molecule has 0 aliphatic carbocycles. The predicted octanol–water partition coefficient (Wildman–Crippen LogP) is 3.60. The van der Waals surface area contributed by atoms with Crippen LogP contribution in [0.15, 0.2) is 77.7 Å². The maximum atomic E-state index is 12.7. The van der Waals surface area contributed by atoms with E-state index in [9.17, 15) is 13.2 Å². The highest BCUT2D eigenvalue weighted by atomic mass is 32.2. The molecule has 7 heteroatoms. The Labute approximate surface area is 190 Å². The van der Waals surface area contributed by atoms with Gasteiger partial charge in [0.2, 0.25) is 10.0 Å². The number of nitrogens with zero attached hydrogens (tertiary/aromatic N) is 2. The molecular formula is C25H29N3O3S. The summed E-state index contributed by atoms with van der Waals surface area (Å²) in [6.07, 6.45) is 0. The SMILES string of the molecule is CN(C)Cc1ccc(-c2ccccc2CNC(=O)c2cccc(S(=O)(=O)N(C)C)c2)cc1. The van der Waals surface area contributed by atoms with Crippen LogP contribution in [0, 0.1) is 0 Å². The molecule has 0 aliphatic rings. The molecule has 32 heavy (non-hydrogen) atoms. The first kappa shape index (κ1) is 23.7. The molecule has 0 fully saturated rings. The number of hydrogen-bond acceptors (Lipinski definition) is 4. The van der Waals surface area contributed by atoms with Crippen molar-refractivity contribution < 1.29 is 13.2 Å². The summed E-state index contributed by atoms with van der Waals surface area (Å²) >= 11 is 0. The fourth-order valence-electron chi connectivity index (χ4n) is 3.40. The van der Waals surface area contributed by atoms with Gasteiger partial charge < -0.3 is 10.2 Å². The molecule has 1 amide bonds. The molecule has 0 saturated carbocycles. The zero-order valence-electron chi connectivity index (χ0n) is 18.9. The van der Waals surface area contributed by atoms with Crippen LogP contribution in [0.2, 0.25) is 0 Å². The molecule has 0 saturated heterocycles. The highest BCUT2D eigenvalue weighted by molar-refractivity contribution is 7.89. The largest absolute Gasteiger partial charge is 0.348 e. The van der Waals surface area contributed by atoms with Gasteiger partial charge in [-0.3, -0.25) is 4.79 Å². The van der Waals surface area contributed by atoms with E-state index in [0.717, 1.165) is 27.5 Å². The number of carbonyl (C=O) groups excluding carboxylic acids is 1. The Morgan fingerprint density at radius 3 is 2.22 bits per heavy atom. The number of nitrogens with one attached hydrogen (secondary N) is 1. The lowest BCUT2D eigenvalue weighted by Gasteiger charge is -2.14. The third-order valence-corrected chi connectivity index (χ3v) is 6.91. The molecule has 3 aromatic rings. The van der Waals surface area contributed by atoms with Crippen LogP contribution in [0.1, 0.15) is 21.5 Å². The molecule has 1 N–H and O–H groups in total. The highest BCUT2D eigenvalue weighted by Gasteiger charge is 2.18. The standard InChI is InChI=1S/C25H29N3O3S/c1-27(2)18-19-12-14-20(15-13-19)24-11-6-5-8-22(24)17-26-25(29)21-9-7-10-23(16-21)32(30,31)28(3)4/h5-16H,17-18H2,1-4H3,(H,26,29). The number of hydrogen-bond donors (Lipinski definition) is 1. The minimum atomic E-state index is -3.60. The average Bonchev–Trinajstić information content (AvgIpc) is 2.78. The molecule has 0 atom stereocenters. The van der Waals surface area contributed by atoms with Crippen LogP contribution in [-0.4, -0.2) is 51.7 Å². The van der Waals surface area contributed by atoms with Crippen molar-refractivity contribution in [2.24, 2.45) is 0 Å². The molecule has 0 radical (unpaired) electrons. The molecule has 0 spiro atoms. The summed E-state index contributed by atoms with van der Waals surface area (Å²) in [7, 11) is 3.40. The van der Waals surface area contributed by atoms with E-state index in [-0.39, 0.29) is 10.8 Å². The van der Waals surface area contributed by atoms with E-state index in [0.29, 0.717) is 12.1 Å². The Bertz CT molecular complexity index is 1190. The summed E-state index contributed by atoms with van der Waals surface area (Å²) in [5.74, 6) is -0.322. The van der Waals surface area contributed by atoms with Gasteiger partial charge >= 0.3 is 0 Å². The second-order valence-electron chi connectivity index (χ2n) is 8.09. The molecule has 168 valence electrons. The Kier molecular flexibility index (Phi) is 7.45. The lowest BCUT2D eigenvalue weighted by atomic mass is 9.98. The molecule has 0 aliphatic heterocycles. The van der Waals surface area contributed by atoms with Gasteiger partial charge in [-0.05, 0) is 54.5 Å². The lowest BCUT2D eigenvalue weighted by Crippen LogP contribution is -2.25. The van der Waals surface area contributed by atoms with Crippen molar-refractivity contribution in [3.63, 3.8) is 0 Å². The van der Waals surface area contributed by atoms with Crippen molar-refractivity contribution in [3.05, 3.63) is 89.5 Å². The Hall–Kier alpha value is -3.00. The van der Waals surface area contributed by atoms with E-state index in [1.807, 2.05) is 38.4 Å². The van der Waals surface area contributed by atoms with Crippen LogP contribution in [0.25, 0.3) is 11.1 Å². The highest BCUT2D eigenvalue weighted by Crippen LogP contribution is 2.24. The number of rotatable bonds is 8. The average molecular weight is 452 g/mol. The second kappa shape index (κ2) is 10.1. The smallest absolute Gasteiger partial charge is 0.251 e. The van der Waals surface area contributed by atoms with Crippen LogP contribution in [0.5, 0.6) is 0 Å². The van der Waals surface area contributed by atoms with Crippen molar-refractivity contribution in [1.82, 2.24) is 14.5 Å². The normalized spacial score (nSPS) is 11.7. The van der Waals surface area contributed by atoms with Crippen LogP contribution in [0.4, 0.5) is 0 Å². The third-order valence-electron chi connectivity index (χ3n) is 5.10. The summed E-state index contributed by atoms with van der Waals surface area (Å²) in [4.78, 5) is 15.0. The Balaban J connectivity index is 1.77. The van der Waals surface area contributed by atoms with Gasteiger partial charge in [0.15, 0.2) is 0 Å².